The fourth-order valence-corrected chi connectivity index (χ4v) is 2.85. The summed E-state index contributed by atoms with van der Waals surface area (Å²) in [4.78, 5) is 0. The van der Waals surface area contributed by atoms with Gasteiger partial charge in [0.25, 0.3) is 0 Å². The second-order valence-corrected chi connectivity index (χ2v) is 5.30. The third-order valence-electron chi connectivity index (χ3n) is 3.28. The van der Waals surface area contributed by atoms with Crippen LogP contribution in [0.3, 0.4) is 0 Å². The van der Waals surface area contributed by atoms with Crippen LogP contribution in [0.4, 0.5) is 0 Å². The Labute approximate surface area is 129 Å². The summed E-state index contributed by atoms with van der Waals surface area (Å²) < 4.78 is 0. The van der Waals surface area contributed by atoms with Crippen LogP contribution >= 0.6 is 23.7 Å². The number of rotatable bonds is 3. The van der Waals surface area contributed by atoms with Gasteiger partial charge >= 0.3 is 0 Å². The predicted molar refractivity (Wildman–Crippen MR) is 89.5 cm³/mol. The molecule has 1 aromatic heterocycles. The molecule has 0 spiro atoms. The van der Waals surface area contributed by atoms with E-state index in [0.29, 0.717) is 0 Å². The second kappa shape index (κ2) is 6.71. The average Bonchev–Trinajstić information content (AvgIpc) is 3.02. The van der Waals surface area contributed by atoms with Gasteiger partial charge in [0.1, 0.15) is 0 Å². The van der Waals surface area contributed by atoms with Gasteiger partial charge in [-0.1, -0.05) is 54.6 Å². The SMILES string of the molecule is Cl.N[C@H](c1ccc(-c2ccccc2)cc1)c1ccsc1. The first kappa shape index (κ1) is 14.8. The molecule has 3 aromatic rings. The largest absolute Gasteiger partial charge is 0.320 e. The average molecular weight is 302 g/mol. The Hall–Kier alpha value is -1.61. The molecule has 0 fully saturated rings. The fourth-order valence-electron chi connectivity index (χ4n) is 2.16. The number of benzene rings is 2. The Morgan fingerprint density at radius 1 is 0.750 bits per heavy atom. The molecule has 3 rings (SSSR count). The van der Waals surface area contributed by atoms with Crippen LogP contribution in [0.15, 0.2) is 71.4 Å². The fraction of sp³-hybridized carbons (Fsp3) is 0.0588. The topological polar surface area (TPSA) is 26.0 Å². The number of nitrogens with two attached hydrogens (primary N) is 1. The van der Waals surface area contributed by atoms with Gasteiger partial charge in [0.05, 0.1) is 6.04 Å². The number of hydrogen-bond acceptors (Lipinski definition) is 2. The van der Waals surface area contributed by atoms with Gasteiger partial charge in [-0.25, -0.2) is 0 Å². The van der Waals surface area contributed by atoms with E-state index in [4.69, 9.17) is 5.73 Å². The maximum Gasteiger partial charge on any atom is 0.0559 e. The van der Waals surface area contributed by atoms with E-state index in [1.807, 2.05) is 6.07 Å². The molecule has 0 amide bonds. The van der Waals surface area contributed by atoms with E-state index >= 15 is 0 Å². The molecule has 0 radical (unpaired) electrons. The Morgan fingerprint density at radius 2 is 1.40 bits per heavy atom. The minimum Gasteiger partial charge on any atom is -0.320 e. The van der Waals surface area contributed by atoms with Gasteiger partial charge in [-0.05, 0) is 39.1 Å². The van der Waals surface area contributed by atoms with Crippen LogP contribution in [0.2, 0.25) is 0 Å². The van der Waals surface area contributed by atoms with Gasteiger partial charge in [0.15, 0.2) is 0 Å². The summed E-state index contributed by atoms with van der Waals surface area (Å²) in [5, 5.41) is 4.17. The first-order valence-corrected chi connectivity index (χ1v) is 7.22. The molecule has 3 heteroatoms. The second-order valence-electron chi connectivity index (χ2n) is 4.52. The Morgan fingerprint density at radius 3 is 2.00 bits per heavy atom. The molecular formula is C17H16ClNS. The van der Waals surface area contributed by atoms with Crippen LogP contribution < -0.4 is 5.73 Å². The van der Waals surface area contributed by atoms with Crippen molar-refractivity contribution in [1.29, 1.82) is 0 Å². The van der Waals surface area contributed by atoms with Gasteiger partial charge in [-0.15, -0.1) is 12.4 Å². The summed E-state index contributed by atoms with van der Waals surface area (Å²) in [6, 6.07) is 20.9. The van der Waals surface area contributed by atoms with E-state index in [0.717, 1.165) is 5.56 Å². The molecular weight excluding hydrogens is 286 g/mol. The molecule has 1 heterocycles. The summed E-state index contributed by atoms with van der Waals surface area (Å²) in [7, 11) is 0. The third-order valence-corrected chi connectivity index (χ3v) is 3.98. The molecule has 0 aliphatic heterocycles. The summed E-state index contributed by atoms with van der Waals surface area (Å²) in [5.41, 5.74) is 11.0. The van der Waals surface area contributed by atoms with Crippen LogP contribution in [-0.2, 0) is 0 Å². The monoisotopic (exact) mass is 301 g/mol. The van der Waals surface area contributed by atoms with Crippen LogP contribution in [0.5, 0.6) is 0 Å². The summed E-state index contributed by atoms with van der Waals surface area (Å²) >= 11 is 1.68. The highest BCUT2D eigenvalue weighted by atomic mass is 35.5. The van der Waals surface area contributed by atoms with Crippen molar-refractivity contribution in [3.8, 4) is 11.1 Å². The van der Waals surface area contributed by atoms with E-state index in [2.05, 4.69) is 65.4 Å². The molecule has 0 aliphatic rings. The van der Waals surface area contributed by atoms with Crippen LogP contribution in [0.25, 0.3) is 11.1 Å². The van der Waals surface area contributed by atoms with Crippen molar-refractivity contribution in [2.45, 2.75) is 6.04 Å². The maximum absolute atomic E-state index is 6.26. The number of thiophene rings is 1. The van der Waals surface area contributed by atoms with Gasteiger partial charge in [0.2, 0.25) is 0 Å². The molecule has 0 saturated carbocycles. The highest BCUT2D eigenvalue weighted by molar-refractivity contribution is 7.08. The Kier molecular flexibility index (Phi) is 4.96. The van der Waals surface area contributed by atoms with Crippen molar-refractivity contribution in [1.82, 2.24) is 0 Å². The zero-order valence-corrected chi connectivity index (χ0v) is 12.5. The van der Waals surface area contributed by atoms with Crippen LogP contribution in [0, 0.1) is 0 Å². The summed E-state index contributed by atoms with van der Waals surface area (Å²) in [6.07, 6.45) is 0. The molecule has 2 aromatic carbocycles. The van der Waals surface area contributed by atoms with Crippen LogP contribution in [0.1, 0.15) is 17.2 Å². The highest BCUT2D eigenvalue weighted by Crippen LogP contribution is 2.25. The quantitative estimate of drug-likeness (QED) is 0.732. The van der Waals surface area contributed by atoms with Gasteiger partial charge in [-0.3, -0.25) is 0 Å². The van der Waals surface area contributed by atoms with E-state index in [1.54, 1.807) is 11.3 Å². The smallest absolute Gasteiger partial charge is 0.0559 e. The standard InChI is InChI=1S/C17H15NS.ClH/c18-17(16-10-11-19-12-16)15-8-6-14(7-9-15)13-4-2-1-3-5-13;/h1-12,17H,18H2;1H/t17-;/m1./s1. The maximum atomic E-state index is 6.26. The zero-order valence-electron chi connectivity index (χ0n) is 10.9. The molecule has 1 nitrogen and oxygen atoms in total. The van der Waals surface area contributed by atoms with Gasteiger partial charge in [-0.2, -0.15) is 11.3 Å². The van der Waals surface area contributed by atoms with E-state index in [9.17, 15) is 0 Å². The molecule has 0 saturated heterocycles. The van der Waals surface area contributed by atoms with Crippen molar-refractivity contribution in [2.75, 3.05) is 0 Å². The molecule has 102 valence electrons. The number of halogens is 1. The first-order valence-electron chi connectivity index (χ1n) is 6.27. The lowest BCUT2D eigenvalue weighted by atomic mass is 9.98. The summed E-state index contributed by atoms with van der Waals surface area (Å²) in [5.74, 6) is 0. The Balaban J connectivity index is 0.00000147. The van der Waals surface area contributed by atoms with E-state index in [1.165, 1.54) is 16.7 Å². The molecule has 1 atom stereocenters. The number of hydrogen-bond donors (Lipinski definition) is 1. The molecule has 0 unspecified atom stereocenters. The summed E-state index contributed by atoms with van der Waals surface area (Å²) in [6.45, 7) is 0. The lowest BCUT2D eigenvalue weighted by Gasteiger charge is -2.11. The van der Waals surface area contributed by atoms with Crippen molar-refractivity contribution in [2.24, 2.45) is 5.73 Å². The normalized spacial score (nSPS) is 11.7. The van der Waals surface area contributed by atoms with Gasteiger partial charge in [0, 0.05) is 0 Å². The minimum atomic E-state index is -0.0314. The molecule has 20 heavy (non-hydrogen) atoms. The van der Waals surface area contributed by atoms with Crippen LogP contribution in [-0.4, -0.2) is 0 Å². The van der Waals surface area contributed by atoms with E-state index in [-0.39, 0.29) is 18.4 Å². The Bertz CT molecular complexity index is 633. The molecule has 2 N–H and O–H groups in total. The van der Waals surface area contributed by atoms with Crippen molar-refractivity contribution in [3.63, 3.8) is 0 Å². The third kappa shape index (κ3) is 3.10. The van der Waals surface area contributed by atoms with E-state index < -0.39 is 0 Å². The zero-order chi connectivity index (χ0) is 13.1. The minimum absolute atomic E-state index is 0. The molecule has 0 bridgehead atoms. The van der Waals surface area contributed by atoms with Crippen molar-refractivity contribution in [3.05, 3.63) is 82.6 Å². The first-order chi connectivity index (χ1) is 9.34. The lowest BCUT2D eigenvalue weighted by Crippen LogP contribution is -2.10. The van der Waals surface area contributed by atoms with Crippen molar-refractivity contribution < 1.29 is 0 Å². The van der Waals surface area contributed by atoms with Gasteiger partial charge < -0.3 is 5.73 Å². The highest BCUT2D eigenvalue weighted by Gasteiger charge is 2.09. The predicted octanol–water partition coefficient (Wildman–Crippen LogP) is 4.89. The lowest BCUT2D eigenvalue weighted by molar-refractivity contribution is 0.877. The molecule has 0 aliphatic carbocycles. The van der Waals surface area contributed by atoms with Crippen molar-refractivity contribution >= 4 is 23.7 Å².